The highest BCUT2D eigenvalue weighted by Crippen LogP contribution is 2.58. The van der Waals surface area contributed by atoms with Crippen molar-refractivity contribution in [3.05, 3.63) is 11.7 Å². The Labute approximate surface area is 97.5 Å². The zero-order valence-electron chi connectivity index (χ0n) is 7.24. The molecule has 0 radical (unpaired) electrons. The average molecular weight is 259 g/mol. The molecule has 1 saturated carbocycles. The highest BCUT2D eigenvalue weighted by molar-refractivity contribution is 6.51. The van der Waals surface area contributed by atoms with E-state index in [0.29, 0.717) is 31.1 Å². The molecular weight excluding hydrogens is 248 g/mol. The van der Waals surface area contributed by atoms with Crippen molar-refractivity contribution in [2.75, 3.05) is 6.54 Å². The summed E-state index contributed by atoms with van der Waals surface area (Å²) in [7, 11) is 0. The van der Waals surface area contributed by atoms with Gasteiger partial charge in [-0.25, -0.2) is 0 Å². The molecule has 1 unspecified atom stereocenters. The number of nitrogens with zero attached hydrogens (tertiary/aromatic N) is 2. The number of halogens is 3. The van der Waals surface area contributed by atoms with Crippen molar-refractivity contribution in [2.45, 2.75) is 23.1 Å². The predicted molar refractivity (Wildman–Crippen MR) is 56.1 cm³/mol. The molecule has 14 heavy (non-hydrogen) atoms. The molecule has 1 aliphatic rings. The standard InChI is InChI=1S/C7H9Cl2N3O.ClH/c8-7(9)3-4(7)6-11-5(1-2-10)12-13-6;/h4H,1-3,10H2;1H. The van der Waals surface area contributed by atoms with Crippen molar-refractivity contribution in [1.29, 1.82) is 0 Å². The van der Waals surface area contributed by atoms with E-state index in [1.807, 2.05) is 0 Å². The maximum Gasteiger partial charge on any atom is 0.232 e. The molecule has 1 aromatic heterocycles. The summed E-state index contributed by atoms with van der Waals surface area (Å²) >= 11 is 11.7. The van der Waals surface area contributed by atoms with Crippen LogP contribution in [0.1, 0.15) is 24.1 Å². The summed E-state index contributed by atoms with van der Waals surface area (Å²) in [5.74, 6) is 1.14. The highest BCUT2D eigenvalue weighted by Gasteiger charge is 2.56. The molecule has 1 heterocycles. The Hall–Kier alpha value is -0.0300. The molecule has 80 valence electrons. The Morgan fingerprint density at radius 2 is 2.21 bits per heavy atom. The summed E-state index contributed by atoms with van der Waals surface area (Å²) < 4.78 is 4.29. The first-order valence-corrected chi connectivity index (χ1v) is 4.79. The van der Waals surface area contributed by atoms with Crippen molar-refractivity contribution < 1.29 is 4.52 Å². The van der Waals surface area contributed by atoms with Crippen molar-refractivity contribution in [3.8, 4) is 0 Å². The smallest absolute Gasteiger partial charge is 0.232 e. The van der Waals surface area contributed by atoms with Gasteiger partial charge in [0, 0.05) is 6.42 Å². The first-order chi connectivity index (χ1) is 6.13. The van der Waals surface area contributed by atoms with Crippen LogP contribution in [0.4, 0.5) is 0 Å². The third-order valence-electron chi connectivity index (χ3n) is 1.98. The number of hydrogen-bond acceptors (Lipinski definition) is 4. The molecular formula is C7H10Cl3N3O. The fourth-order valence-electron chi connectivity index (χ4n) is 1.12. The van der Waals surface area contributed by atoms with Crippen LogP contribution < -0.4 is 5.73 Å². The van der Waals surface area contributed by atoms with Gasteiger partial charge in [0.05, 0.1) is 5.92 Å². The molecule has 0 saturated heterocycles. The molecule has 1 fully saturated rings. The number of aromatic nitrogens is 2. The van der Waals surface area contributed by atoms with Gasteiger partial charge in [0.2, 0.25) is 5.89 Å². The van der Waals surface area contributed by atoms with Gasteiger partial charge in [-0.1, -0.05) is 5.16 Å². The lowest BCUT2D eigenvalue weighted by molar-refractivity contribution is 0.373. The van der Waals surface area contributed by atoms with Gasteiger partial charge in [-0.3, -0.25) is 0 Å². The minimum atomic E-state index is -0.702. The van der Waals surface area contributed by atoms with Crippen molar-refractivity contribution in [3.63, 3.8) is 0 Å². The van der Waals surface area contributed by atoms with Crippen LogP contribution in [0.2, 0.25) is 0 Å². The number of hydrogen-bond donors (Lipinski definition) is 1. The Bertz CT molecular complexity index is 315. The summed E-state index contributed by atoms with van der Waals surface area (Å²) in [5.41, 5.74) is 5.34. The van der Waals surface area contributed by atoms with Crippen LogP contribution in [0.25, 0.3) is 0 Å². The second-order valence-electron chi connectivity index (χ2n) is 3.11. The fraction of sp³-hybridized carbons (Fsp3) is 0.714. The summed E-state index contributed by atoms with van der Waals surface area (Å²) in [5, 5.41) is 3.75. The van der Waals surface area contributed by atoms with Crippen LogP contribution in [-0.2, 0) is 6.42 Å². The first kappa shape index (κ1) is 12.0. The van der Waals surface area contributed by atoms with E-state index in [-0.39, 0.29) is 18.3 Å². The van der Waals surface area contributed by atoms with Crippen LogP contribution in [0, 0.1) is 0 Å². The lowest BCUT2D eigenvalue weighted by Crippen LogP contribution is -2.04. The van der Waals surface area contributed by atoms with Crippen LogP contribution in [0.5, 0.6) is 0 Å². The monoisotopic (exact) mass is 257 g/mol. The van der Waals surface area contributed by atoms with E-state index < -0.39 is 4.33 Å². The molecule has 0 amide bonds. The molecule has 4 nitrogen and oxygen atoms in total. The fourth-order valence-corrected chi connectivity index (χ4v) is 1.62. The lowest BCUT2D eigenvalue weighted by atomic mass is 10.4. The third-order valence-corrected chi connectivity index (χ3v) is 2.81. The molecule has 1 atom stereocenters. The molecule has 0 aromatic carbocycles. The van der Waals surface area contributed by atoms with Gasteiger partial charge >= 0.3 is 0 Å². The summed E-state index contributed by atoms with van der Waals surface area (Å²) in [4.78, 5) is 4.13. The lowest BCUT2D eigenvalue weighted by Gasteiger charge is -1.90. The highest BCUT2D eigenvalue weighted by atomic mass is 35.5. The van der Waals surface area contributed by atoms with E-state index in [1.165, 1.54) is 0 Å². The molecule has 0 spiro atoms. The molecule has 2 rings (SSSR count). The van der Waals surface area contributed by atoms with Gasteiger partial charge in [-0.15, -0.1) is 35.6 Å². The summed E-state index contributed by atoms with van der Waals surface area (Å²) in [6.07, 6.45) is 1.30. The average Bonchev–Trinajstić information content (AvgIpc) is 2.52. The van der Waals surface area contributed by atoms with Crippen molar-refractivity contribution in [2.24, 2.45) is 5.73 Å². The van der Waals surface area contributed by atoms with Crippen molar-refractivity contribution >= 4 is 35.6 Å². The Balaban J connectivity index is 0.000000980. The van der Waals surface area contributed by atoms with E-state index in [4.69, 9.17) is 33.5 Å². The largest absolute Gasteiger partial charge is 0.339 e. The van der Waals surface area contributed by atoms with Crippen LogP contribution >= 0.6 is 35.6 Å². The molecule has 0 bridgehead atoms. The number of rotatable bonds is 3. The van der Waals surface area contributed by atoms with Gasteiger partial charge in [-0.05, 0) is 13.0 Å². The number of alkyl halides is 2. The maximum absolute atomic E-state index is 5.84. The van der Waals surface area contributed by atoms with E-state index in [9.17, 15) is 0 Å². The Morgan fingerprint density at radius 3 is 2.71 bits per heavy atom. The van der Waals surface area contributed by atoms with Crippen LogP contribution in [0.15, 0.2) is 4.52 Å². The molecule has 1 aromatic rings. The Kier molecular flexibility index (Phi) is 3.63. The minimum absolute atomic E-state index is 0. The van der Waals surface area contributed by atoms with Crippen LogP contribution in [-0.4, -0.2) is 21.0 Å². The summed E-state index contributed by atoms with van der Waals surface area (Å²) in [6, 6.07) is 0. The molecule has 2 N–H and O–H groups in total. The van der Waals surface area contributed by atoms with Gasteiger partial charge in [0.25, 0.3) is 0 Å². The Morgan fingerprint density at radius 1 is 1.57 bits per heavy atom. The topological polar surface area (TPSA) is 64.9 Å². The molecule has 7 heteroatoms. The second kappa shape index (κ2) is 4.23. The van der Waals surface area contributed by atoms with E-state index in [0.717, 1.165) is 0 Å². The SMILES string of the molecule is Cl.NCCc1noc(C2CC2(Cl)Cl)n1. The van der Waals surface area contributed by atoms with Gasteiger partial charge in [0.15, 0.2) is 5.82 Å². The van der Waals surface area contributed by atoms with Crippen molar-refractivity contribution in [1.82, 2.24) is 10.1 Å². The quantitative estimate of drug-likeness (QED) is 0.837. The second-order valence-corrected chi connectivity index (χ2v) is 4.65. The van der Waals surface area contributed by atoms with Gasteiger partial charge in [0.1, 0.15) is 4.33 Å². The zero-order valence-corrected chi connectivity index (χ0v) is 9.57. The van der Waals surface area contributed by atoms with Crippen LogP contribution in [0.3, 0.4) is 0 Å². The normalized spacial score (nSPS) is 22.9. The molecule has 1 aliphatic carbocycles. The number of nitrogens with two attached hydrogens (primary N) is 1. The van der Waals surface area contributed by atoms with E-state index in [1.54, 1.807) is 0 Å². The first-order valence-electron chi connectivity index (χ1n) is 4.04. The zero-order chi connectivity index (χ0) is 9.47. The summed E-state index contributed by atoms with van der Waals surface area (Å²) in [6.45, 7) is 0.510. The predicted octanol–water partition coefficient (Wildman–Crippen LogP) is 1.65. The third kappa shape index (κ3) is 2.31. The molecule has 0 aliphatic heterocycles. The van der Waals surface area contributed by atoms with E-state index in [2.05, 4.69) is 10.1 Å². The van der Waals surface area contributed by atoms with Gasteiger partial charge in [-0.2, -0.15) is 4.98 Å². The maximum atomic E-state index is 5.84. The van der Waals surface area contributed by atoms with Gasteiger partial charge < -0.3 is 10.3 Å². The van der Waals surface area contributed by atoms with E-state index >= 15 is 0 Å². The minimum Gasteiger partial charge on any atom is -0.339 e.